The molecule has 0 saturated heterocycles. The minimum atomic E-state index is -0.479. The van der Waals surface area contributed by atoms with E-state index in [4.69, 9.17) is 0 Å². The molecule has 0 fully saturated rings. The number of nitrogens with one attached hydrogen (secondary N) is 1. The van der Waals surface area contributed by atoms with Gasteiger partial charge >= 0.3 is 0 Å². The monoisotopic (exact) mass is 379 g/mol. The lowest BCUT2D eigenvalue weighted by atomic mass is 10.2. The van der Waals surface area contributed by atoms with Crippen molar-refractivity contribution in [2.45, 2.75) is 42.1 Å². The van der Waals surface area contributed by atoms with Crippen LogP contribution in [-0.4, -0.2) is 26.5 Å². The number of halogens is 1. The lowest BCUT2D eigenvalue weighted by Crippen LogP contribution is -2.25. The van der Waals surface area contributed by atoms with Gasteiger partial charge in [-0.05, 0) is 19.1 Å². The van der Waals surface area contributed by atoms with Gasteiger partial charge in [-0.2, -0.15) is 0 Å². The average Bonchev–Trinajstić information content (AvgIpc) is 2.96. The highest BCUT2D eigenvalue weighted by molar-refractivity contribution is 8.00. The largest absolute Gasteiger partial charge is 0.323 e. The quantitative estimate of drug-likeness (QED) is 0.639. The molecule has 25 heavy (non-hydrogen) atoms. The maximum absolute atomic E-state index is 13.6. The third-order valence-corrected chi connectivity index (χ3v) is 5.95. The molecule has 1 amide bonds. The SMILES string of the molecule is CCn1c(SCC(=O)Nc2ccccc2F)nc2c(c1=O)S[C@@H](C)C2. The highest BCUT2D eigenvalue weighted by Gasteiger charge is 2.26. The van der Waals surface area contributed by atoms with E-state index in [2.05, 4.69) is 17.2 Å². The third kappa shape index (κ3) is 3.90. The number of hydrogen-bond donors (Lipinski definition) is 1. The molecule has 0 radical (unpaired) electrons. The van der Waals surface area contributed by atoms with Gasteiger partial charge in [-0.15, -0.1) is 11.8 Å². The Morgan fingerprint density at radius 2 is 2.24 bits per heavy atom. The summed E-state index contributed by atoms with van der Waals surface area (Å²) in [5, 5.41) is 3.41. The van der Waals surface area contributed by atoms with Crippen LogP contribution in [0.4, 0.5) is 10.1 Å². The summed E-state index contributed by atoms with van der Waals surface area (Å²) >= 11 is 2.75. The van der Waals surface area contributed by atoms with Crippen molar-refractivity contribution < 1.29 is 9.18 Å². The Morgan fingerprint density at radius 3 is 2.96 bits per heavy atom. The van der Waals surface area contributed by atoms with E-state index >= 15 is 0 Å². The number of carbonyl (C=O) groups excluding carboxylic acids is 1. The summed E-state index contributed by atoms with van der Waals surface area (Å²) in [7, 11) is 0. The molecule has 1 atom stereocenters. The van der Waals surface area contributed by atoms with Crippen LogP contribution >= 0.6 is 23.5 Å². The lowest BCUT2D eigenvalue weighted by Gasteiger charge is -2.11. The van der Waals surface area contributed by atoms with Gasteiger partial charge in [0.05, 0.1) is 22.0 Å². The molecule has 5 nitrogen and oxygen atoms in total. The zero-order valence-electron chi connectivity index (χ0n) is 13.9. The van der Waals surface area contributed by atoms with Gasteiger partial charge in [0.15, 0.2) is 5.16 Å². The summed E-state index contributed by atoms with van der Waals surface area (Å²) in [5.74, 6) is -0.759. The third-order valence-electron chi connectivity index (χ3n) is 3.76. The van der Waals surface area contributed by atoms with E-state index in [-0.39, 0.29) is 22.9 Å². The number of carbonyl (C=O) groups is 1. The van der Waals surface area contributed by atoms with Gasteiger partial charge in [0.2, 0.25) is 5.91 Å². The minimum Gasteiger partial charge on any atom is -0.323 e. The van der Waals surface area contributed by atoms with Crippen molar-refractivity contribution in [3.63, 3.8) is 0 Å². The van der Waals surface area contributed by atoms with Crippen LogP contribution in [0.5, 0.6) is 0 Å². The zero-order valence-corrected chi connectivity index (χ0v) is 15.5. The summed E-state index contributed by atoms with van der Waals surface area (Å²) in [4.78, 5) is 30.0. The number of nitrogens with zero attached hydrogens (tertiary/aromatic N) is 2. The van der Waals surface area contributed by atoms with E-state index in [9.17, 15) is 14.0 Å². The molecule has 0 aliphatic carbocycles. The van der Waals surface area contributed by atoms with Crippen molar-refractivity contribution in [1.82, 2.24) is 9.55 Å². The fraction of sp³-hybridized carbons (Fsp3) is 0.353. The number of aromatic nitrogens is 2. The van der Waals surface area contributed by atoms with Crippen molar-refractivity contribution >= 4 is 35.1 Å². The van der Waals surface area contributed by atoms with Crippen molar-refractivity contribution in [2.24, 2.45) is 0 Å². The summed E-state index contributed by atoms with van der Waals surface area (Å²) in [6.45, 7) is 4.43. The van der Waals surface area contributed by atoms with E-state index in [1.165, 1.54) is 23.9 Å². The summed E-state index contributed by atoms with van der Waals surface area (Å²) in [6.07, 6.45) is 0.759. The van der Waals surface area contributed by atoms with Crippen LogP contribution in [0.15, 0.2) is 39.1 Å². The smallest absolute Gasteiger partial charge is 0.268 e. The Balaban J connectivity index is 1.74. The van der Waals surface area contributed by atoms with Crippen LogP contribution in [0.1, 0.15) is 19.5 Å². The van der Waals surface area contributed by atoms with E-state index in [1.54, 1.807) is 28.5 Å². The highest BCUT2D eigenvalue weighted by atomic mass is 32.2. The van der Waals surface area contributed by atoms with Crippen molar-refractivity contribution in [3.05, 3.63) is 46.1 Å². The number of benzene rings is 1. The van der Waals surface area contributed by atoms with Gasteiger partial charge in [-0.3, -0.25) is 14.2 Å². The molecule has 0 unspecified atom stereocenters. The standard InChI is InChI=1S/C17H18FN3O2S2/c1-3-21-16(23)15-13(8-10(2)25-15)20-17(21)24-9-14(22)19-12-7-5-4-6-11(12)18/h4-7,10H,3,8-9H2,1-2H3,(H,19,22)/t10-/m0/s1. The summed E-state index contributed by atoms with van der Waals surface area (Å²) in [6, 6.07) is 6.01. The molecule has 8 heteroatoms. The van der Waals surface area contributed by atoms with Gasteiger partial charge in [0, 0.05) is 18.2 Å². The van der Waals surface area contributed by atoms with Crippen LogP contribution in [0.2, 0.25) is 0 Å². The predicted octanol–water partition coefficient (Wildman–Crippen LogP) is 3.17. The second-order valence-corrected chi connectivity index (χ2v) is 8.06. The molecule has 1 aliphatic rings. The van der Waals surface area contributed by atoms with Crippen LogP contribution in [0.3, 0.4) is 0 Å². The number of rotatable bonds is 5. The molecule has 2 aromatic rings. The van der Waals surface area contributed by atoms with E-state index in [1.807, 2.05) is 6.92 Å². The first-order chi connectivity index (χ1) is 12.0. The maximum atomic E-state index is 13.6. The first kappa shape index (κ1) is 18.0. The van der Waals surface area contributed by atoms with Crippen molar-refractivity contribution in [3.8, 4) is 0 Å². The Kier molecular flexibility index (Phi) is 5.48. The molecule has 132 valence electrons. The number of amides is 1. The Bertz CT molecular complexity index is 869. The first-order valence-corrected chi connectivity index (χ1v) is 9.83. The molecular formula is C17H18FN3O2S2. The summed E-state index contributed by atoms with van der Waals surface area (Å²) < 4.78 is 15.2. The molecule has 1 N–H and O–H groups in total. The van der Waals surface area contributed by atoms with Gasteiger partial charge in [0.1, 0.15) is 5.82 Å². The molecule has 1 aromatic heterocycles. The minimum absolute atomic E-state index is 0.0427. The lowest BCUT2D eigenvalue weighted by molar-refractivity contribution is -0.113. The molecule has 1 aliphatic heterocycles. The number of thioether (sulfide) groups is 2. The molecule has 0 bridgehead atoms. The molecular weight excluding hydrogens is 361 g/mol. The molecule has 1 aromatic carbocycles. The Morgan fingerprint density at radius 1 is 1.48 bits per heavy atom. The molecule has 2 heterocycles. The van der Waals surface area contributed by atoms with Crippen LogP contribution in [0, 0.1) is 5.82 Å². The van der Waals surface area contributed by atoms with Crippen molar-refractivity contribution in [1.29, 1.82) is 0 Å². The van der Waals surface area contributed by atoms with Crippen LogP contribution < -0.4 is 10.9 Å². The van der Waals surface area contributed by atoms with E-state index < -0.39 is 5.82 Å². The van der Waals surface area contributed by atoms with Gasteiger partial charge in [0.25, 0.3) is 5.56 Å². The second kappa shape index (κ2) is 7.61. The first-order valence-electron chi connectivity index (χ1n) is 7.97. The molecule has 3 rings (SSSR count). The number of anilines is 1. The normalized spacial score (nSPS) is 15.9. The number of hydrogen-bond acceptors (Lipinski definition) is 5. The molecule has 0 spiro atoms. The van der Waals surface area contributed by atoms with Gasteiger partial charge in [-0.1, -0.05) is 30.8 Å². The topological polar surface area (TPSA) is 64.0 Å². The van der Waals surface area contributed by atoms with Crippen LogP contribution in [-0.2, 0) is 17.8 Å². The number of para-hydroxylation sites is 1. The van der Waals surface area contributed by atoms with Gasteiger partial charge < -0.3 is 5.32 Å². The fourth-order valence-electron chi connectivity index (χ4n) is 2.60. The number of fused-ring (bicyclic) bond motifs is 1. The molecule has 0 saturated carbocycles. The fourth-order valence-corrected chi connectivity index (χ4v) is 4.59. The van der Waals surface area contributed by atoms with E-state index in [0.29, 0.717) is 17.0 Å². The zero-order chi connectivity index (χ0) is 18.0. The van der Waals surface area contributed by atoms with Gasteiger partial charge in [-0.25, -0.2) is 9.37 Å². The predicted molar refractivity (Wildman–Crippen MR) is 98.9 cm³/mol. The van der Waals surface area contributed by atoms with Crippen LogP contribution in [0.25, 0.3) is 0 Å². The average molecular weight is 379 g/mol. The summed E-state index contributed by atoms with van der Waals surface area (Å²) in [5.41, 5.74) is 0.913. The highest BCUT2D eigenvalue weighted by Crippen LogP contribution is 2.34. The maximum Gasteiger partial charge on any atom is 0.268 e. The Hall–Kier alpha value is -1.80. The van der Waals surface area contributed by atoms with E-state index in [0.717, 1.165) is 17.0 Å². The second-order valence-electron chi connectivity index (χ2n) is 5.67. The van der Waals surface area contributed by atoms with Crippen molar-refractivity contribution in [2.75, 3.05) is 11.1 Å². The Labute approximate surface area is 153 Å².